The van der Waals surface area contributed by atoms with Crippen molar-refractivity contribution >= 4 is 44.4 Å². The quantitative estimate of drug-likeness (QED) is 0.500. The third kappa shape index (κ3) is 1.94. The Morgan fingerprint density at radius 3 is 2.67 bits per heavy atom. The first-order chi connectivity index (χ1) is 10.2. The van der Waals surface area contributed by atoms with E-state index in [0.29, 0.717) is 10.9 Å². The smallest absolute Gasteiger partial charge is 0.126 e. The van der Waals surface area contributed by atoms with E-state index in [1.165, 1.54) is 35.0 Å². The molecule has 0 saturated carbocycles. The number of fused-ring (bicyclic) bond motifs is 5. The van der Waals surface area contributed by atoms with Crippen molar-refractivity contribution in [2.24, 2.45) is 0 Å². The molecule has 21 heavy (non-hydrogen) atoms. The zero-order valence-corrected chi connectivity index (χ0v) is 13.8. The fourth-order valence-electron chi connectivity index (χ4n) is 3.35. The van der Waals surface area contributed by atoms with Gasteiger partial charge in [-0.05, 0) is 42.7 Å². The highest BCUT2D eigenvalue weighted by Gasteiger charge is 2.23. The van der Waals surface area contributed by atoms with Gasteiger partial charge in [0.1, 0.15) is 11.2 Å². The first-order valence-electron chi connectivity index (χ1n) is 7.42. The molecule has 3 aromatic rings. The summed E-state index contributed by atoms with van der Waals surface area (Å²) in [5, 5.41) is 1.89. The highest BCUT2D eigenvalue weighted by atomic mass is 32.1. The van der Waals surface area contributed by atoms with E-state index in [-0.39, 0.29) is 0 Å². The standard InChI is InChI=1S/C16H17N3S2/c1-8(2)12-10-6-4-3-5-9(10)11-13-14(21-16(11)19-12)15(20)18-7-17-13/h7-8H,3-6H2,1-2H3,(H,17,18,20)/p-1. The van der Waals surface area contributed by atoms with E-state index < -0.39 is 0 Å². The lowest BCUT2D eigenvalue weighted by atomic mass is 9.86. The van der Waals surface area contributed by atoms with Crippen LogP contribution in [-0.4, -0.2) is 15.0 Å². The van der Waals surface area contributed by atoms with Gasteiger partial charge in [-0.1, -0.05) is 18.9 Å². The molecule has 0 amide bonds. The number of aromatic nitrogens is 3. The SMILES string of the molecule is CC(C)c1nc2sc3c([S-])ncnc3c2c2c1CCCC2. The van der Waals surface area contributed by atoms with Crippen LogP contribution in [0.15, 0.2) is 11.4 Å². The van der Waals surface area contributed by atoms with Crippen molar-refractivity contribution in [2.45, 2.75) is 50.5 Å². The molecule has 0 bridgehead atoms. The zero-order valence-electron chi connectivity index (χ0n) is 12.1. The van der Waals surface area contributed by atoms with E-state index in [4.69, 9.17) is 17.6 Å². The second kappa shape index (κ2) is 4.85. The topological polar surface area (TPSA) is 38.7 Å². The third-order valence-electron chi connectivity index (χ3n) is 4.27. The molecule has 3 heterocycles. The summed E-state index contributed by atoms with van der Waals surface area (Å²) in [5.41, 5.74) is 5.21. The van der Waals surface area contributed by atoms with Crippen molar-refractivity contribution in [1.82, 2.24) is 15.0 Å². The first-order valence-corrected chi connectivity index (χ1v) is 8.65. The minimum Gasteiger partial charge on any atom is -0.759 e. The predicted octanol–water partition coefficient (Wildman–Crippen LogP) is 4.15. The van der Waals surface area contributed by atoms with Gasteiger partial charge in [-0.3, -0.25) is 4.98 Å². The lowest BCUT2D eigenvalue weighted by Crippen LogP contribution is -2.10. The lowest BCUT2D eigenvalue weighted by Gasteiger charge is -2.21. The van der Waals surface area contributed by atoms with Gasteiger partial charge in [-0.15, -0.1) is 11.3 Å². The number of nitrogens with zero attached hydrogens (tertiary/aromatic N) is 3. The molecule has 0 unspecified atom stereocenters. The molecule has 3 nitrogen and oxygen atoms in total. The van der Waals surface area contributed by atoms with E-state index >= 15 is 0 Å². The average molecular weight is 314 g/mol. The number of aryl methyl sites for hydroxylation is 1. The molecular formula is C16H16N3S2-. The largest absolute Gasteiger partial charge is 0.759 e. The van der Waals surface area contributed by atoms with Gasteiger partial charge in [0, 0.05) is 11.1 Å². The van der Waals surface area contributed by atoms with Gasteiger partial charge in [-0.2, -0.15) is 0 Å². The Kier molecular flexibility index (Phi) is 3.08. The molecule has 0 N–H and O–H groups in total. The molecule has 5 heteroatoms. The number of rotatable bonds is 1. The van der Waals surface area contributed by atoms with Gasteiger partial charge in [0.25, 0.3) is 0 Å². The van der Waals surface area contributed by atoms with E-state index in [0.717, 1.165) is 27.9 Å². The minimum atomic E-state index is 0.459. The fraction of sp³-hybridized carbons (Fsp3) is 0.438. The number of thiophene rings is 1. The summed E-state index contributed by atoms with van der Waals surface area (Å²) in [5.74, 6) is 0.459. The summed E-state index contributed by atoms with van der Waals surface area (Å²) < 4.78 is 1.02. The summed E-state index contributed by atoms with van der Waals surface area (Å²) in [4.78, 5) is 14.7. The molecule has 3 aromatic heterocycles. The molecular weight excluding hydrogens is 298 g/mol. The molecule has 0 aliphatic heterocycles. The number of hydrogen-bond acceptors (Lipinski definition) is 5. The van der Waals surface area contributed by atoms with Gasteiger partial charge in [-0.25, -0.2) is 9.97 Å². The van der Waals surface area contributed by atoms with Crippen LogP contribution in [0.2, 0.25) is 0 Å². The average Bonchev–Trinajstić information content (AvgIpc) is 2.86. The maximum Gasteiger partial charge on any atom is 0.126 e. The highest BCUT2D eigenvalue weighted by molar-refractivity contribution is 7.59. The van der Waals surface area contributed by atoms with Gasteiger partial charge in [0.2, 0.25) is 0 Å². The maximum atomic E-state index is 5.37. The molecule has 0 radical (unpaired) electrons. The third-order valence-corrected chi connectivity index (χ3v) is 5.79. The fourth-order valence-corrected chi connectivity index (χ4v) is 4.67. The summed E-state index contributed by atoms with van der Waals surface area (Å²) >= 11 is 7.02. The van der Waals surface area contributed by atoms with Crippen molar-refractivity contribution in [1.29, 1.82) is 0 Å². The monoisotopic (exact) mass is 314 g/mol. The Labute approximate surface area is 133 Å². The number of pyridine rings is 1. The van der Waals surface area contributed by atoms with E-state index in [2.05, 4.69) is 23.8 Å². The molecule has 0 saturated heterocycles. The van der Waals surface area contributed by atoms with Crippen molar-refractivity contribution in [3.05, 3.63) is 23.1 Å². The molecule has 1 aliphatic carbocycles. The van der Waals surface area contributed by atoms with Gasteiger partial charge in [0.15, 0.2) is 0 Å². The summed E-state index contributed by atoms with van der Waals surface area (Å²) in [6.07, 6.45) is 6.39. The summed E-state index contributed by atoms with van der Waals surface area (Å²) in [6, 6.07) is 0. The zero-order chi connectivity index (χ0) is 14.6. The van der Waals surface area contributed by atoms with Crippen LogP contribution in [0.4, 0.5) is 0 Å². The second-order valence-electron chi connectivity index (χ2n) is 5.95. The van der Waals surface area contributed by atoms with Crippen LogP contribution in [0.1, 0.15) is 49.4 Å². The van der Waals surface area contributed by atoms with Crippen molar-refractivity contribution < 1.29 is 0 Å². The van der Waals surface area contributed by atoms with Crippen molar-refractivity contribution in [3.8, 4) is 0 Å². The Balaban J connectivity index is 2.18. The Morgan fingerprint density at radius 2 is 1.90 bits per heavy atom. The Morgan fingerprint density at radius 1 is 1.14 bits per heavy atom. The number of hydrogen-bond donors (Lipinski definition) is 0. The molecule has 0 aromatic carbocycles. The molecule has 1 aliphatic rings. The molecule has 0 spiro atoms. The Bertz CT molecular complexity index is 852. The summed E-state index contributed by atoms with van der Waals surface area (Å²) in [7, 11) is 0. The van der Waals surface area contributed by atoms with E-state index in [9.17, 15) is 0 Å². The minimum absolute atomic E-state index is 0.459. The van der Waals surface area contributed by atoms with Crippen molar-refractivity contribution in [2.75, 3.05) is 0 Å². The van der Waals surface area contributed by atoms with E-state index in [1.54, 1.807) is 17.7 Å². The van der Waals surface area contributed by atoms with Crippen LogP contribution >= 0.6 is 11.3 Å². The Hall–Kier alpha value is -1.33. The van der Waals surface area contributed by atoms with Gasteiger partial charge in [0.05, 0.1) is 10.2 Å². The van der Waals surface area contributed by atoms with E-state index in [1.807, 2.05) is 0 Å². The highest BCUT2D eigenvalue weighted by Crippen LogP contribution is 2.40. The van der Waals surface area contributed by atoms with Crippen LogP contribution in [0.5, 0.6) is 0 Å². The normalized spacial score (nSPS) is 15.0. The van der Waals surface area contributed by atoms with Crippen LogP contribution in [-0.2, 0) is 25.5 Å². The van der Waals surface area contributed by atoms with Crippen LogP contribution < -0.4 is 0 Å². The predicted molar refractivity (Wildman–Crippen MR) is 89.1 cm³/mol. The lowest BCUT2D eigenvalue weighted by molar-refractivity contribution is 0.667. The van der Waals surface area contributed by atoms with Gasteiger partial charge >= 0.3 is 0 Å². The molecule has 0 atom stereocenters. The van der Waals surface area contributed by atoms with Crippen molar-refractivity contribution in [3.63, 3.8) is 0 Å². The van der Waals surface area contributed by atoms with Gasteiger partial charge < -0.3 is 12.6 Å². The second-order valence-corrected chi connectivity index (χ2v) is 7.34. The van der Waals surface area contributed by atoms with Crippen LogP contribution in [0.3, 0.4) is 0 Å². The summed E-state index contributed by atoms with van der Waals surface area (Å²) in [6.45, 7) is 4.46. The van der Waals surface area contributed by atoms with Crippen LogP contribution in [0.25, 0.3) is 20.4 Å². The molecule has 0 fully saturated rings. The molecule has 108 valence electrons. The van der Waals surface area contributed by atoms with Crippen LogP contribution in [0, 0.1) is 0 Å². The first kappa shape index (κ1) is 13.3. The maximum absolute atomic E-state index is 5.37. The molecule has 4 rings (SSSR count).